The molecule has 2 nitrogen and oxygen atoms in total. The Morgan fingerprint density at radius 3 is 2.18 bits per heavy atom. The van der Waals surface area contributed by atoms with E-state index in [1.165, 1.54) is 22.3 Å². The van der Waals surface area contributed by atoms with Crippen molar-refractivity contribution in [3.05, 3.63) is 34.4 Å². The van der Waals surface area contributed by atoms with Gasteiger partial charge < -0.3 is 4.74 Å². The molecule has 2 heteroatoms. The summed E-state index contributed by atoms with van der Waals surface area (Å²) in [5.41, 5.74) is 5.68. The number of nitrogens with one attached hydrogen (secondary N) is 1. The molecule has 94 valence electrons. The number of hydrogen-bond donors (Lipinski definition) is 1. The van der Waals surface area contributed by atoms with Crippen molar-refractivity contribution in [2.24, 2.45) is 0 Å². The maximum atomic E-state index is 5.72. The number of ether oxygens (including phenoxy) is 1. The monoisotopic (exact) mass is 233 g/mol. The average molecular weight is 233 g/mol. The Hall–Kier alpha value is -0.860. The molecule has 1 heterocycles. The Morgan fingerprint density at radius 2 is 1.76 bits per heavy atom. The van der Waals surface area contributed by atoms with Gasteiger partial charge in [0.2, 0.25) is 0 Å². The Labute approximate surface area is 104 Å². The first-order valence-electron chi connectivity index (χ1n) is 6.33. The van der Waals surface area contributed by atoms with Crippen LogP contribution in [0, 0.1) is 13.8 Å². The van der Waals surface area contributed by atoms with Crippen LogP contribution in [0.25, 0.3) is 0 Å². The molecule has 0 aliphatic carbocycles. The molecule has 17 heavy (non-hydrogen) atoms. The van der Waals surface area contributed by atoms with Gasteiger partial charge >= 0.3 is 0 Å². The molecular weight excluding hydrogens is 210 g/mol. The number of rotatable bonds is 1. The molecule has 1 aromatic rings. The average Bonchev–Trinajstić information content (AvgIpc) is 2.68. The van der Waals surface area contributed by atoms with Gasteiger partial charge in [0, 0.05) is 6.54 Å². The van der Waals surface area contributed by atoms with E-state index in [2.05, 4.69) is 52.1 Å². The lowest BCUT2D eigenvalue weighted by atomic mass is 9.83. The number of hydrogen-bond acceptors (Lipinski definition) is 2. The van der Waals surface area contributed by atoms with Gasteiger partial charge in [0.15, 0.2) is 0 Å². The molecule has 1 aromatic carbocycles. The van der Waals surface area contributed by atoms with Crippen molar-refractivity contribution >= 4 is 0 Å². The summed E-state index contributed by atoms with van der Waals surface area (Å²) in [4.78, 5) is 0. The summed E-state index contributed by atoms with van der Waals surface area (Å²) in [5, 5.41) is 3.25. The minimum Gasteiger partial charge on any atom is -0.357 e. The van der Waals surface area contributed by atoms with Crippen molar-refractivity contribution in [3.63, 3.8) is 0 Å². The summed E-state index contributed by atoms with van der Waals surface area (Å²) in [5.74, 6) is 0. The first-order chi connectivity index (χ1) is 7.89. The number of aryl methyl sites for hydroxylation is 2. The van der Waals surface area contributed by atoms with E-state index in [9.17, 15) is 0 Å². The van der Waals surface area contributed by atoms with Crippen LogP contribution in [0.5, 0.6) is 0 Å². The summed E-state index contributed by atoms with van der Waals surface area (Å²) in [7, 11) is 0. The van der Waals surface area contributed by atoms with Gasteiger partial charge in [-0.05, 0) is 41.5 Å². The third kappa shape index (κ3) is 2.53. The summed E-state index contributed by atoms with van der Waals surface area (Å²) >= 11 is 0. The molecule has 1 unspecified atom stereocenters. The summed E-state index contributed by atoms with van der Waals surface area (Å²) < 4.78 is 5.72. The molecule has 1 saturated heterocycles. The van der Waals surface area contributed by atoms with Gasteiger partial charge in [0.25, 0.3) is 0 Å². The Kier molecular flexibility index (Phi) is 3.28. The van der Waals surface area contributed by atoms with Gasteiger partial charge in [-0.25, -0.2) is 0 Å². The largest absolute Gasteiger partial charge is 0.357 e. The van der Waals surface area contributed by atoms with Crippen LogP contribution in [0.2, 0.25) is 0 Å². The van der Waals surface area contributed by atoms with E-state index in [1.807, 2.05) is 0 Å². The third-order valence-electron chi connectivity index (χ3n) is 3.50. The highest BCUT2D eigenvalue weighted by molar-refractivity contribution is 5.42. The topological polar surface area (TPSA) is 21.3 Å². The van der Waals surface area contributed by atoms with Crippen molar-refractivity contribution in [2.75, 3.05) is 13.3 Å². The van der Waals surface area contributed by atoms with Crippen molar-refractivity contribution in [1.29, 1.82) is 0 Å². The highest BCUT2D eigenvalue weighted by Gasteiger charge is 2.23. The number of benzene rings is 1. The van der Waals surface area contributed by atoms with Gasteiger partial charge in [-0.2, -0.15) is 0 Å². The van der Waals surface area contributed by atoms with Crippen LogP contribution in [0.15, 0.2) is 12.1 Å². The zero-order valence-corrected chi connectivity index (χ0v) is 11.6. The highest BCUT2D eigenvalue weighted by atomic mass is 16.5. The maximum absolute atomic E-state index is 5.72. The van der Waals surface area contributed by atoms with Gasteiger partial charge in [-0.1, -0.05) is 32.9 Å². The lowest BCUT2D eigenvalue weighted by molar-refractivity contribution is 0.113. The minimum atomic E-state index is 0.211. The molecule has 0 saturated carbocycles. The van der Waals surface area contributed by atoms with Gasteiger partial charge in [-0.3, -0.25) is 5.32 Å². The van der Waals surface area contributed by atoms with Crippen LogP contribution >= 0.6 is 0 Å². The fraction of sp³-hybridized carbons (Fsp3) is 0.600. The summed E-state index contributed by atoms with van der Waals surface area (Å²) in [6.45, 7) is 12.8. The standard InChI is InChI=1S/C15H23NO/c1-10-6-12(15(3,4)5)7-11(2)14(10)13-8-16-9-17-13/h6-7,13,16H,8-9H2,1-5H3. The lowest BCUT2D eigenvalue weighted by Crippen LogP contribution is -2.14. The predicted molar refractivity (Wildman–Crippen MR) is 71.3 cm³/mol. The molecule has 1 N–H and O–H groups in total. The first-order valence-corrected chi connectivity index (χ1v) is 6.33. The van der Waals surface area contributed by atoms with Crippen LogP contribution in [0.3, 0.4) is 0 Å². The molecule has 0 spiro atoms. The van der Waals surface area contributed by atoms with Crippen LogP contribution in [-0.4, -0.2) is 13.3 Å². The van der Waals surface area contributed by atoms with Crippen molar-refractivity contribution in [1.82, 2.24) is 5.32 Å². The smallest absolute Gasteiger partial charge is 0.0975 e. The van der Waals surface area contributed by atoms with Crippen molar-refractivity contribution in [3.8, 4) is 0 Å². The third-order valence-corrected chi connectivity index (χ3v) is 3.50. The highest BCUT2D eigenvalue weighted by Crippen LogP contribution is 2.31. The van der Waals surface area contributed by atoms with E-state index in [1.54, 1.807) is 0 Å². The quantitative estimate of drug-likeness (QED) is 0.804. The second kappa shape index (κ2) is 4.43. The Morgan fingerprint density at radius 1 is 1.18 bits per heavy atom. The fourth-order valence-corrected chi connectivity index (χ4v) is 2.51. The van der Waals surface area contributed by atoms with Crippen LogP contribution < -0.4 is 5.32 Å². The molecule has 0 radical (unpaired) electrons. The first kappa shape index (κ1) is 12.6. The molecular formula is C15H23NO. The van der Waals surface area contributed by atoms with E-state index in [0.29, 0.717) is 6.73 Å². The Balaban J connectivity index is 2.42. The van der Waals surface area contributed by atoms with E-state index >= 15 is 0 Å². The van der Waals surface area contributed by atoms with E-state index in [0.717, 1.165) is 6.54 Å². The second-order valence-electron chi connectivity index (χ2n) is 6.03. The van der Waals surface area contributed by atoms with Crippen LogP contribution in [0.4, 0.5) is 0 Å². The zero-order valence-electron chi connectivity index (χ0n) is 11.6. The summed E-state index contributed by atoms with van der Waals surface area (Å²) in [6, 6.07) is 4.62. The predicted octanol–water partition coefficient (Wildman–Crippen LogP) is 3.22. The molecule has 0 aromatic heterocycles. The molecule has 1 atom stereocenters. The lowest BCUT2D eigenvalue weighted by Gasteiger charge is -2.24. The molecule has 1 aliphatic rings. The minimum absolute atomic E-state index is 0.211. The molecule has 1 aliphatic heterocycles. The fourth-order valence-electron chi connectivity index (χ4n) is 2.51. The SMILES string of the molecule is Cc1cc(C(C)(C)C)cc(C)c1C1CNCO1. The maximum Gasteiger partial charge on any atom is 0.0975 e. The van der Waals surface area contributed by atoms with Gasteiger partial charge in [-0.15, -0.1) is 0 Å². The van der Waals surface area contributed by atoms with E-state index in [-0.39, 0.29) is 11.5 Å². The van der Waals surface area contributed by atoms with Crippen molar-refractivity contribution < 1.29 is 4.74 Å². The molecule has 0 amide bonds. The van der Waals surface area contributed by atoms with E-state index in [4.69, 9.17) is 4.74 Å². The molecule has 0 bridgehead atoms. The van der Waals surface area contributed by atoms with Gasteiger partial charge in [0.05, 0.1) is 12.8 Å². The Bertz CT molecular complexity index is 388. The van der Waals surface area contributed by atoms with E-state index < -0.39 is 0 Å². The van der Waals surface area contributed by atoms with Crippen molar-refractivity contribution in [2.45, 2.75) is 46.1 Å². The normalized spacial score (nSPS) is 20.9. The second-order valence-corrected chi connectivity index (χ2v) is 6.03. The summed E-state index contributed by atoms with van der Waals surface area (Å²) in [6.07, 6.45) is 0.226. The van der Waals surface area contributed by atoms with Crippen LogP contribution in [-0.2, 0) is 10.2 Å². The molecule has 2 rings (SSSR count). The van der Waals surface area contributed by atoms with Gasteiger partial charge in [0.1, 0.15) is 0 Å². The molecule has 1 fully saturated rings. The zero-order chi connectivity index (χ0) is 12.6. The van der Waals surface area contributed by atoms with Crippen LogP contribution in [0.1, 0.15) is 49.1 Å².